The van der Waals surface area contributed by atoms with E-state index < -0.39 is 0 Å². The number of ether oxygens (including phenoxy) is 1. The fourth-order valence-corrected chi connectivity index (χ4v) is 1.32. The van der Waals surface area contributed by atoms with E-state index in [0.717, 1.165) is 11.3 Å². The van der Waals surface area contributed by atoms with E-state index in [-0.39, 0.29) is 12.3 Å². The fraction of sp³-hybridized carbons (Fsp3) is 0.333. The first-order valence-corrected chi connectivity index (χ1v) is 4.69. The second kappa shape index (κ2) is 5.67. The summed E-state index contributed by atoms with van der Waals surface area (Å²) in [5.41, 5.74) is 1.05. The van der Waals surface area contributed by atoms with E-state index in [1.165, 1.54) is 0 Å². The molecule has 1 atom stereocenters. The van der Waals surface area contributed by atoms with Gasteiger partial charge in [-0.15, -0.1) is 0 Å². The molecule has 3 nitrogen and oxygen atoms in total. The molecule has 0 radical (unpaired) electrons. The molecule has 0 fully saturated rings. The highest BCUT2D eigenvalue weighted by molar-refractivity contribution is 5.27. The maximum absolute atomic E-state index is 8.79. The maximum atomic E-state index is 8.79. The zero-order valence-electron chi connectivity index (χ0n) is 8.60. The molecule has 0 aliphatic heterocycles. The van der Waals surface area contributed by atoms with Crippen LogP contribution in [0.2, 0.25) is 0 Å². The van der Waals surface area contributed by atoms with Crippen LogP contribution in [0.3, 0.4) is 0 Å². The molecule has 0 saturated heterocycles. The van der Waals surface area contributed by atoms with Crippen molar-refractivity contribution >= 4 is 0 Å². The molecule has 0 bridgehead atoms. The summed E-state index contributed by atoms with van der Waals surface area (Å²) in [6.07, 6.45) is 0.899. The number of benzene rings is 1. The summed E-state index contributed by atoms with van der Waals surface area (Å²) in [6.45, 7) is 0. The summed E-state index contributed by atoms with van der Waals surface area (Å²) in [4.78, 5) is 0. The van der Waals surface area contributed by atoms with E-state index in [2.05, 4.69) is 6.07 Å². The molecule has 1 unspecified atom stereocenters. The predicted molar refractivity (Wildman–Crippen MR) is 56.0 cm³/mol. The Hall–Kier alpha value is -2.00. The molecule has 0 aliphatic carbocycles. The van der Waals surface area contributed by atoms with Gasteiger partial charge >= 0.3 is 0 Å². The summed E-state index contributed by atoms with van der Waals surface area (Å²) in [5, 5.41) is 17.3. The minimum Gasteiger partial charge on any atom is -0.497 e. The Balaban J connectivity index is 2.65. The fourth-order valence-electron chi connectivity index (χ4n) is 1.32. The minimum absolute atomic E-state index is 0.219. The summed E-state index contributed by atoms with van der Waals surface area (Å²) >= 11 is 0. The molecule has 0 amide bonds. The van der Waals surface area contributed by atoms with E-state index in [0.29, 0.717) is 6.42 Å². The number of hydrogen-bond donors (Lipinski definition) is 0. The highest BCUT2D eigenvalue weighted by Crippen LogP contribution is 2.15. The Morgan fingerprint density at radius 2 is 1.93 bits per heavy atom. The first-order valence-electron chi connectivity index (χ1n) is 4.69. The molecular formula is C12H12N2O. The number of methoxy groups -OCH3 is 1. The monoisotopic (exact) mass is 200 g/mol. The molecule has 3 heteroatoms. The van der Waals surface area contributed by atoms with Crippen LogP contribution in [0.4, 0.5) is 0 Å². The lowest BCUT2D eigenvalue weighted by Crippen LogP contribution is -2.00. The Bertz CT molecular complexity index is 384. The van der Waals surface area contributed by atoms with Gasteiger partial charge in [0.2, 0.25) is 0 Å². The molecule has 1 aromatic rings. The largest absolute Gasteiger partial charge is 0.497 e. The average Bonchev–Trinajstić information content (AvgIpc) is 2.29. The highest BCUT2D eigenvalue weighted by atomic mass is 16.5. The standard InChI is InChI=1S/C12H12N2O/c1-15-12-4-2-10(3-5-12)8-11(9-14)6-7-13/h2-5,11H,6,8H2,1H3. The lowest BCUT2D eigenvalue weighted by molar-refractivity contribution is 0.414. The molecule has 76 valence electrons. The van der Waals surface area contributed by atoms with Gasteiger partial charge in [-0.2, -0.15) is 10.5 Å². The molecule has 1 rings (SSSR count). The van der Waals surface area contributed by atoms with Crippen LogP contribution in [0.25, 0.3) is 0 Å². The molecule has 0 N–H and O–H groups in total. The third-order valence-corrected chi connectivity index (χ3v) is 2.16. The molecule has 0 spiro atoms. The van der Waals surface area contributed by atoms with E-state index in [1.807, 2.05) is 30.3 Å². The summed E-state index contributed by atoms with van der Waals surface area (Å²) in [6, 6.07) is 11.7. The quantitative estimate of drug-likeness (QED) is 0.749. The van der Waals surface area contributed by atoms with Crippen molar-refractivity contribution in [3.05, 3.63) is 29.8 Å². The van der Waals surface area contributed by atoms with Crippen molar-refractivity contribution in [2.45, 2.75) is 12.8 Å². The highest BCUT2D eigenvalue weighted by Gasteiger charge is 2.07. The van der Waals surface area contributed by atoms with Crippen LogP contribution in [-0.2, 0) is 6.42 Å². The van der Waals surface area contributed by atoms with Crippen LogP contribution in [-0.4, -0.2) is 7.11 Å². The van der Waals surface area contributed by atoms with Crippen molar-refractivity contribution in [2.24, 2.45) is 5.92 Å². The van der Waals surface area contributed by atoms with Gasteiger partial charge in [0, 0.05) is 0 Å². The van der Waals surface area contributed by atoms with Crippen molar-refractivity contribution < 1.29 is 4.74 Å². The summed E-state index contributed by atoms with van der Waals surface area (Å²) in [7, 11) is 1.61. The first-order chi connectivity index (χ1) is 7.30. The van der Waals surface area contributed by atoms with E-state index in [4.69, 9.17) is 15.3 Å². The summed E-state index contributed by atoms with van der Waals surface area (Å²) in [5.74, 6) is 0.580. The van der Waals surface area contributed by atoms with Crippen molar-refractivity contribution in [2.75, 3.05) is 7.11 Å². The third-order valence-electron chi connectivity index (χ3n) is 2.16. The zero-order chi connectivity index (χ0) is 11.1. The minimum atomic E-state index is -0.219. The van der Waals surface area contributed by atoms with E-state index in [1.54, 1.807) is 7.11 Å². The topological polar surface area (TPSA) is 56.8 Å². The molecule has 15 heavy (non-hydrogen) atoms. The van der Waals surface area contributed by atoms with Crippen LogP contribution >= 0.6 is 0 Å². The van der Waals surface area contributed by atoms with Gasteiger partial charge < -0.3 is 4.74 Å². The molecule has 0 heterocycles. The Morgan fingerprint density at radius 3 is 2.40 bits per heavy atom. The number of nitrogens with zero attached hydrogens (tertiary/aromatic N) is 2. The van der Waals surface area contributed by atoms with Gasteiger partial charge in [0.1, 0.15) is 5.75 Å². The van der Waals surface area contributed by atoms with Gasteiger partial charge in [-0.25, -0.2) is 0 Å². The Morgan fingerprint density at radius 1 is 1.27 bits per heavy atom. The van der Waals surface area contributed by atoms with Crippen molar-refractivity contribution in [3.8, 4) is 17.9 Å². The predicted octanol–water partition coefficient (Wildman–Crippen LogP) is 2.29. The van der Waals surface area contributed by atoms with Gasteiger partial charge in [0.15, 0.2) is 0 Å². The third kappa shape index (κ3) is 3.32. The maximum Gasteiger partial charge on any atom is 0.118 e. The molecule has 0 aliphatic rings. The van der Waals surface area contributed by atoms with Crippen molar-refractivity contribution in [1.82, 2.24) is 0 Å². The lowest BCUT2D eigenvalue weighted by Gasteiger charge is -2.05. The van der Waals surface area contributed by atoms with Crippen LogP contribution < -0.4 is 4.74 Å². The molecule has 0 saturated carbocycles. The van der Waals surface area contributed by atoms with E-state index >= 15 is 0 Å². The van der Waals surface area contributed by atoms with Crippen LogP contribution in [0.5, 0.6) is 5.75 Å². The van der Waals surface area contributed by atoms with Gasteiger partial charge in [0.25, 0.3) is 0 Å². The van der Waals surface area contributed by atoms with Crippen LogP contribution in [0.1, 0.15) is 12.0 Å². The SMILES string of the molecule is COc1ccc(CC(C#N)CC#N)cc1. The molecule has 0 aromatic heterocycles. The van der Waals surface area contributed by atoms with Gasteiger partial charge in [0.05, 0.1) is 31.6 Å². The van der Waals surface area contributed by atoms with Crippen molar-refractivity contribution in [3.63, 3.8) is 0 Å². The smallest absolute Gasteiger partial charge is 0.118 e. The first kappa shape index (κ1) is 11.1. The molecule has 1 aromatic carbocycles. The van der Waals surface area contributed by atoms with Crippen LogP contribution in [0, 0.1) is 28.6 Å². The zero-order valence-corrected chi connectivity index (χ0v) is 8.60. The number of rotatable bonds is 4. The second-order valence-corrected chi connectivity index (χ2v) is 3.24. The van der Waals surface area contributed by atoms with Gasteiger partial charge in [-0.05, 0) is 24.1 Å². The number of nitriles is 2. The van der Waals surface area contributed by atoms with Gasteiger partial charge in [-0.3, -0.25) is 0 Å². The summed E-state index contributed by atoms with van der Waals surface area (Å²) < 4.78 is 5.03. The second-order valence-electron chi connectivity index (χ2n) is 3.24. The Kier molecular flexibility index (Phi) is 4.19. The Labute approximate surface area is 89.5 Å². The van der Waals surface area contributed by atoms with E-state index in [9.17, 15) is 0 Å². The van der Waals surface area contributed by atoms with Gasteiger partial charge in [-0.1, -0.05) is 12.1 Å². The van der Waals surface area contributed by atoms with Crippen LogP contribution in [0.15, 0.2) is 24.3 Å². The normalized spacial score (nSPS) is 11.1. The number of hydrogen-bond acceptors (Lipinski definition) is 3. The van der Waals surface area contributed by atoms with Crippen molar-refractivity contribution in [1.29, 1.82) is 10.5 Å². The molecular weight excluding hydrogens is 188 g/mol. The average molecular weight is 200 g/mol. The lowest BCUT2D eigenvalue weighted by atomic mass is 9.98.